The molecular formula is C22H20FNO3. The Morgan fingerprint density at radius 2 is 1.74 bits per heavy atom. The van der Waals surface area contributed by atoms with E-state index in [9.17, 15) is 9.18 Å². The number of rotatable bonds is 7. The van der Waals surface area contributed by atoms with E-state index >= 15 is 0 Å². The molecule has 0 radical (unpaired) electrons. The van der Waals surface area contributed by atoms with Crippen LogP contribution in [0.3, 0.4) is 0 Å². The molecule has 4 nitrogen and oxygen atoms in total. The van der Waals surface area contributed by atoms with Crippen molar-refractivity contribution in [3.8, 4) is 22.6 Å². The molecule has 0 saturated carbocycles. The van der Waals surface area contributed by atoms with Gasteiger partial charge in [-0.15, -0.1) is 0 Å². The number of methoxy groups -OCH3 is 1. The van der Waals surface area contributed by atoms with E-state index < -0.39 is 11.7 Å². The summed E-state index contributed by atoms with van der Waals surface area (Å²) in [6, 6.07) is 21.8. The minimum Gasteiger partial charge on any atom is -0.497 e. The largest absolute Gasteiger partial charge is 0.497 e. The Labute approximate surface area is 157 Å². The molecule has 3 rings (SSSR count). The molecule has 0 spiro atoms. The molecule has 3 aromatic carbocycles. The minimum atomic E-state index is -0.623. The molecule has 1 N–H and O–H groups in total. The van der Waals surface area contributed by atoms with Gasteiger partial charge in [0.05, 0.1) is 19.2 Å². The van der Waals surface area contributed by atoms with Crippen molar-refractivity contribution in [3.63, 3.8) is 0 Å². The van der Waals surface area contributed by atoms with Gasteiger partial charge in [-0.25, -0.2) is 4.39 Å². The van der Waals surface area contributed by atoms with Gasteiger partial charge >= 0.3 is 0 Å². The van der Waals surface area contributed by atoms with E-state index in [2.05, 4.69) is 5.32 Å². The number of hydrogen-bond donors (Lipinski definition) is 1. The summed E-state index contributed by atoms with van der Waals surface area (Å²) >= 11 is 0. The van der Waals surface area contributed by atoms with Crippen LogP contribution >= 0.6 is 0 Å². The first-order valence-electron chi connectivity index (χ1n) is 8.58. The quantitative estimate of drug-likeness (QED) is 0.635. The Morgan fingerprint density at radius 3 is 2.48 bits per heavy atom. The van der Waals surface area contributed by atoms with Crippen molar-refractivity contribution < 1.29 is 18.7 Å². The third-order valence-corrected chi connectivity index (χ3v) is 4.04. The highest BCUT2D eigenvalue weighted by molar-refractivity contribution is 5.94. The average Bonchev–Trinajstić information content (AvgIpc) is 2.72. The lowest BCUT2D eigenvalue weighted by molar-refractivity contribution is 0.0943. The van der Waals surface area contributed by atoms with Crippen molar-refractivity contribution in [2.45, 2.75) is 0 Å². The lowest BCUT2D eigenvalue weighted by Crippen LogP contribution is -2.28. The van der Waals surface area contributed by atoms with Crippen LogP contribution in [0.1, 0.15) is 10.4 Å². The summed E-state index contributed by atoms with van der Waals surface area (Å²) in [5.41, 5.74) is 2.00. The average molecular weight is 365 g/mol. The number of para-hydroxylation sites is 1. The Kier molecular flexibility index (Phi) is 6.05. The molecule has 0 bridgehead atoms. The van der Waals surface area contributed by atoms with E-state index in [-0.39, 0.29) is 18.7 Å². The molecule has 0 aliphatic heterocycles. The summed E-state index contributed by atoms with van der Waals surface area (Å²) in [5, 5.41) is 2.66. The Balaban J connectivity index is 1.57. The van der Waals surface area contributed by atoms with Crippen LogP contribution in [0.15, 0.2) is 72.8 Å². The van der Waals surface area contributed by atoms with Crippen LogP contribution < -0.4 is 14.8 Å². The van der Waals surface area contributed by atoms with Gasteiger partial charge in [0, 0.05) is 11.6 Å². The summed E-state index contributed by atoms with van der Waals surface area (Å²) < 4.78 is 24.7. The normalized spacial score (nSPS) is 10.3. The predicted octanol–water partition coefficient (Wildman–Crippen LogP) is 4.31. The first kappa shape index (κ1) is 18.5. The summed E-state index contributed by atoms with van der Waals surface area (Å²) in [5.74, 6) is -0.0178. The molecule has 0 unspecified atom stereocenters. The Bertz CT molecular complexity index is 912. The van der Waals surface area contributed by atoms with E-state index in [0.717, 1.165) is 16.9 Å². The third-order valence-electron chi connectivity index (χ3n) is 4.04. The molecule has 27 heavy (non-hydrogen) atoms. The minimum absolute atomic E-state index is 0.0273. The smallest absolute Gasteiger partial charge is 0.254 e. The van der Waals surface area contributed by atoms with E-state index in [1.807, 2.05) is 54.6 Å². The number of hydrogen-bond acceptors (Lipinski definition) is 3. The zero-order chi connectivity index (χ0) is 19.1. The second-order valence-corrected chi connectivity index (χ2v) is 5.81. The molecule has 0 atom stereocenters. The number of benzene rings is 3. The van der Waals surface area contributed by atoms with Gasteiger partial charge in [0.25, 0.3) is 5.91 Å². The van der Waals surface area contributed by atoms with Crippen LogP contribution in [0.4, 0.5) is 4.39 Å². The maximum atomic E-state index is 13.9. The SMILES string of the molecule is COc1ccc(C(=O)NCCOc2ccccc2-c2ccccc2)c(F)c1. The first-order valence-corrected chi connectivity index (χ1v) is 8.58. The maximum absolute atomic E-state index is 13.9. The van der Waals surface area contributed by atoms with Gasteiger partial charge in [-0.05, 0) is 23.8 Å². The molecule has 0 fully saturated rings. The van der Waals surface area contributed by atoms with Crippen LogP contribution in [0.25, 0.3) is 11.1 Å². The van der Waals surface area contributed by atoms with Gasteiger partial charge in [0.2, 0.25) is 0 Å². The molecule has 0 aliphatic carbocycles. The van der Waals surface area contributed by atoms with Gasteiger partial charge in [-0.3, -0.25) is 4.79 Å². The summed E-state index contributed by atoms with van der Waals surface area (Å²) in [4.78, 5) is 12.1. The lowest BCUT2D eigenvalue weighted by Gasteiger charge is -2.12. The van der Waals surface area contributed by atoms with E-state index in [1.54, 1.807) is 6.07 Å². The number of amides is 1. The highest BCUT2D eigenvalue weighted by Crippen LogP contribution is 2.29. The van der Waals surface area contributed by atoms with Crippen molar-refractivity contribution >= 4 is 5.91 Å². The van der Waals surface area contributed by atoms with Crippen molar-refractivity contribution in [2.24, 2.45) is 0 Å². The molecule has 0 aliphatic rings. The second kappa shape index (κ2) is 8.85. The van der Waals surface area contributed by atoms with Crippen molar-refractivity contribution in [1.29, 1.82) is 0 Å². The van der Waals surface area contributed by atoms with Crippen LogP contribution in [-0.2, 0) is 0 Å². The summed E-state index contributed by atoms with van der Waals surface area (Å²) in [6.45, 7) is 0.529. The number of nitrogens with one attached hydrogen (secondary N) is 1. The molecule has 0 aromatic heterocycles. The van der Waals surface area contributed by atoms with Gasteiger partial charge < -0.3 is 14.8 Å². The molecule has 1 amide bonds. The Morgan fingerprint density at radius 1 is 1.00 bits per heavy atom. The Hall–Kier alpha value is -3.34. The van der Waals surface area contributed by atoms with E-state index in [1.165, 1.54) is 19.2 Å². The number of halogens is 1. The van der Waals surface area contributed by atoms with Gasteiger partial charge in [0.15, 0.2) is 0 Å². The van der Waals surface area contributed by atoms with Crippen molar-refractivity contribution in [2.75, 3.05) is 20.3 Å². The predicted molar refractivity (Wildman–Crippen MR) is 103 cm³/mol. The molecule has 138 valence electrons. The fraction of sp³-hybridized carbons (Fsp3) is 0.136. The fourth-order valence-electron chi connectivity index (χ4n) is 2.68. The topological polar surface area (TPSA) is 47.6 Å². The molecule has 5 heteroatoms. The summed E-state index contributed by atoms with van der Waals surface area (Å²) in [6.07, 6.45) is 0. The van der Waals surface area contributed by atoms with Crippen molar-refractivity contribution in [1.82, 2.24) is 5.32 Å². The first-order chi connectivity index (χ1) is 13.2. The maximum Gasteiger partial charge on any atom is 0.254 e. The highest BCUT2D eigenvalue weighted by Gasteiger charge is 2.12. The van der Waals surface area contributed by atoms with E-state index in [0.29, 0.717) is 5.75 Å². The second-order valence-electron chi connectivity index (χ2n) is 5.81. The molecular weight excluding hydrogens is 345 g/mol. The zero-order valence-electron chi connectivity index (χ0n) is 14.9. The van der Waals surface area contributed by atoms with Crippen LogP contribution in [0, 0.1) is 5.82 Å². The van der Waals surface area contributed by atoms with Crippen LogP contribution in [0.5, 0.6) is 11.5 Å². The molecule has 0 heterocycles. The molecule has 0 saturated heterocycles. The fourth-order valence-corrected chi connectivity index (χ4v) is 2.68. The number of carbonyl (C=O) groups is 1. The van der Waals surface area contributed by atoms with E-state index in [4.69, 9.17) is 9.47 Å². The van der Waals surface area contributed by atoms with Gasteiger partial charge in [0.1, 0.15) is 23.9 Å². The van der Waals surface area contributed by atoms with Gasteiger partial charge in [-0.2, -0.15) is 0 Å². The molecule has 3 aromatic rings. The zero-order valence-corrected chi connectivity index (χ0v) is 14.9. The van der Waals surface area contributed by atoms with Gasteiger partial charge in [-0.1, -0.05) is 48.5 Å². The summed E-state index contributed by atoms with van der Waals surface area (Å²) in [7, 11) is 1.44. The van der Waals surface area contributed by atoms with Crippen LogP contribution in [-0.4, -0.2) is 26.2 Å². The standard InChI is InChI=1S/C22H20FNO3/c1-26-17-11-12-19(20(23)15-17)22(25)24-13-14-27-21-10-6-5-9-18(21)16-7-3-2-4-8-16/h2-12,15H,13-14H2,1H3,(H,24,25). The monoisotopic (exact) mass is 365 g/mol. The van der Waals surface area contributed by atoms with Crippen LogP contribution in [0.2, 0.25) is 0 Å². The number of carbonyl (C=O) groups excluding carboxylic acids is 1. The lowest BCUT2D eigenvalue weighted by atomic mass is 10.1. The number of ether oxygens (including phenoxy) is 2. The van der Waals surface area contributed by atoms with Crippen molar-refractivity contribution in [3.05, 3.63) is 84.2 Å². The third kappa shape index (κ3) is 4.64. The highest BCUT2D eigenvalue weighted by atomic mass is 19.1.